The predicted octanol–water partition coefficient (Wildman–Crippen LogP) is 6.71. The smallest absolute Gasteiger partial charge is 0.338 e. The Hall–Kier alpha value is -2.62. The first-order valence-corrected chi connectivity index (χ1v) is 11.3. The molecule has 0 aromatic heterocycles. The van der Waals surface area contributed by atoms with Gasteiger partial charge in [0.05, 0.1) is 11.1 Å². The fourth-order valence-corrected chi connectivity index (χ4v) is 3.28. The molecular formula is C28H38O4. The van der Waals surface area contributed by atoms with E-state index in [0.717, 1.165) is 11.1 Å². The SMILES string of the molecule is CC(OC(=O)c1ccc(C(C)(C)C)cc1)C(C)C(C)OC(=O)c1ccc(C(C)(C)C)cc1. The molecule has 0 bridgehead atoms. The Labute approximate surface area is 193 Å². The highest BCUT2D eigenvalue weighted by Crippen LogP contribution is 2.24. The Morgan fingerprint density at radius 2 is 0.875 bits per heavy atom. The number of benzene rings is 2. The zero-order valence-electron chi connectivity index (χ0n) is 21.0. The van der Waals surface area contributed by atoms with Crippen molar-refractivity contribution < 1.29 is 19.1 Å². The van der Waals surface area contributed by atoms with Gasteiger partial charge in [0.2, 0.25) is 0 Å². The van der Waals surface area contributed by atoms with Crippen LogP contribution in [0, 0.1) is 5.92 Å². The Morgan fingerprint density at radius 1 is 0.594 bits per heavy atom. The van der Waals surface area contributed by atoms with Crippen molar-refractivity contribution in [1.82, 2.24) is 0 Å². The molecule has 2 atom stereocenters. The second kappa shape index (κ2) is 9.89. The minimum atomic E-state index is -0.407. The molecule has 0 aliphatic heterocycles. The van der Waals surface area contributed by atoms with Crippen LogP contribution in [0.25, 0.3) is 0 Å². The van der Waals surface area contributed by atoms with Crippen molar-refractivity contribution in [2.75, 3.05) is 0 Å². The van der Waals surface area contributed by atoms with Crippen molar-refractivity contribution in [3.05, 3.63) is 70.8 Å². The van der Waals surface area contributed by atoms with Crippen LogP contribution in [0.4, 0.5) is 0 Å². The quantitative estimate of drug-likeness (QED) is 0.470. The first-order valence-electron chi connectivity index (χ1n) is 11.3. The summed E-state index contributed by atoms with van der Waals surface area (Å²) in [5.41, 5.74) is 3.40. The van der Waals surface area contributed by atoms with E-state index in [9.17, 15) is 9.59 Å². The first kappa shape index (κ1) is 25.6. The van der Waals surface area contributed by atoms with E-state index in [4.69, 9.17) is 9.47 Å². The molecule has 4 nitrogen and oxygen atoms in total. The van der Waals surface area contributed by atoms with E-state index in [1.54, 1.807) is 24.3 Å². The van der Waals surface area contributed by atoms with E-state index in [1.807, 2.05) is 45.0 Å². The summed E-state index contributed by atoms with van der Waals surface area (Å²) >= 11 is 0. The highest BCUT2D eigenvalue weighted by Gasteiger charge is 2.26. The van der Waals surface area contributed by atoms with Gasteiger partial charge in [-0.05, 0) is 60.1 Å². The normalized spacial score (nSPS) is 14.9. The molecule has 0 saturated heterocycles. The fraction of sp³-hybridized carbons (Fsp3) is 0.500. The Balaban J connectivity index is 1.95. The molecule has 0 fully saturated rings. The summed E-state index contributed by atoms with van der Waals surface area (Å²) in [6, 6.07) is 15.0. The second-order valence-electron chi connectivity index (χ2n) is 10.7. The molecule has 0 saturated carbocycles. The Bertz CT molecular complexity index is 834. The monoisotopic (exact) mass is 438 g/mol. The van der Waals surface area contributed by atoms with Gasteiger partial charge in [0.25, 0.3) is 0 Å². The van der Waals surface area contributed by atoms with E-state index in [2.05, 4.69) is 41.5 Å². The number of esters is 2. The van der Waals surface area contributed by atoms with Gasteiger partial charge < -0.3 is 9.47 Å². The molecule has 0 heterocycles. The van der Waals surface area contributed by atoms with Crippen molar-refractivity contribution in [3.8, 4) is 0 Å². The molecule has 32 heavy (non-hydrogen) atoms. The summed E-state index contributed by atoms with van der Waals surface area (Å²) in [7, 11) is 0. The maximum absolute atomic E-state index is 12.6. The minimum Gasteiger partial charge on any atom is -0.459 e. The van der Waals surface area contributed by atoms with Crippen LogP contribution in [0.5, 0.6) is 0 Å². The molecule has 0 aliphatic rings. The van der Waals surface area contributed by atoms with Crippen molar-refractivity contribution in [2.45, 2.75) is 85.4 Å². The molecule has 0 amide bonds. The summed E-state index contributed by atoms with van der Waals surface area (Å²) in [6.45, 7) is 18.4. The average Bonchev–Trinajstić information content (AvgIpc) is 2.71. The molecule has 0 aliphatic carbocycles. The van der Waals surface area contributed by atoms with Gasteiger partial charge in [0.1, 0.15) is 12.2 Å². The van der Waals surface area contributed by atoms with E-state index in [-0.39, 0.29) is 28.7 Å². The van der Waals surface area contributed by atoms with Crippen LogP contribution in [0.1, 0.15) is 94.2 Å². The third-order valence-corrected chi connectivity index (χ3v) is 6.04. The third kappa shape index (κ3) is 6.69. The largest absolute Gasteiger partial charge is 0.459 e. The van der Waals surface area contributed by atoms with Crippen LogP contribution >= 0.6 is 0 Å². The van der Waals surface area contributed by atoms with Crippen LogP contribution < -0.4 is 0 Å². The zero-order chi connectivity index (χ0) is 24.3. The molecule has 0 N–H and O–H groups in total. The number of hydrogen-bond acceptors (Lipinski definition) is 4. The van der Waals surface area contributed by atoms with Crippen LogP contribution in [-0.4, -0.2) is 24.1 Å². The molecule has 174 valence electrons. The summed E-state index contributed by atoms with van der Waals surface area (Å²) in [6.07, 6.45) is -0.813. The van der Waals surface area contributed by atoms with E-state index in [1.165, 1.54) is 0 Å². The summed E-state index contributed by atoms with van der Waals surface area (Å²) in [5.74, 6) is -0.909. The van der Waals surface area contributed by atoms with Crippen molar-refractivity contribution in [1.29, 1.82) is 0 Å². The van der Waals surface area contributed by atoms with E-state index in [0.29, 0.717) is 11.1 Å². The summed E-state index contributed by atoms with van der Waals surface area (Å²) in [5, 5.41) is 0. The highest BCUT2D eigenvalue weighted by molar-refractivity contribution is 5.90. The van der Waals surface area contributed by atoms with Crippen molar-refractivity contribution in [3.63, 3.8) is 0 Å². The Morgan fingerprint density at radius 3 is 1.12 bits per heavy atom. The standard InChI is InChI=1S/C28H38O4/c1-18(19(2)31-25(29)21-10-14-23(15-11-21)27(4,5)6)20(3)32-26(30)22-12-16-24(17-13-22)28(7,8)9/h10-20H,1-9H3. The van der Waals surface area contributed by atoms with Crippen LogP contribution in [0.2, 0.25) is 0 Å². The highest BCUT2D eigenvalue weighted by atomic mass is 16.6. The molecule has 2 unspecified atom stereocenters. The van der Waals surface area contributed by atoms with Crippen LogP contribution in [0.3, 0.4) is 0 Å². The summed E-state index contributed by atoms with van der Waals surface area (Å²) in [4.78, 5) is 25.1. The van der Waals surface area contributed by atoms with Gasteiger partial charge >= 0.3 is 11.9 Å². The van der Waals surface area contributed by atoms with Gasteiger partial charge in [0.15, 0.2) is 0 Å². The van der Waals surface area contributed by atoms with Crippen molar-refractivity contribution in [2.24, 2.45) is 5.92 Å². The van der Waals surface area contributed by atoms with Gasteiger partial charge in [-0.15, -0.1) is 0 Å². The third-order valence-electron chi connectivity index (χ3n) is 6.04. The topological polar surface area (TPSA) is 52.6 Å². The van der Waals surface area contributed by atoms with Crippen LogP contribution in [0.15, 0.2) is 48.5 Å². The molecule has 2 aromatic rings. The average molecular weight is 439 g/mol. The molecule has 0 radical (unpaired) electrons. The molecule has 4 heteroatoms. The maximum Gasteiger partial charge on any atom is 0.338 e. The van der Waals surface area contributed by atoms with Gasteiger partial charge in [-0.25, -0.2) is 9.59 Å². The van der Waals surface area contributed by atoms with E-state index < -0.39 is 12.2 Å². The lowest BCUT2D eigenvalue weighted by molar-refractivity contribution is -0.0175. The van der Waals surface area contributed by atoms with Gasteiger partial charge in [-0.3, -0.25) is 0 Å². The number of hydrogen-bond donors (Lipinski definition) is 0. The number of ether oxygens (including phenoxy) is 2. The molecule has 2 aromatic carbocycles. The minimum absolute atomic E-state index is 0.0244. The van der Waals surface area contributed by atoms with Gasteiger partial charge in [0, 0.05) is 5.92 Å². The molecule has 0 spiro atoms. The van der Waals surface area contributed by atoms with Crippen molar-refractivity contribution >= 4 is 11.9 Å². The number of carbonyl (C=O) groups is 2. The number of carbonyl (C=O) groups excluding carboxylic acids is 2. The van der Waals surface area contributed by atoms with Gasteiger partial charge in [-0.1, -0.05) is 72.7 Å². The Kier molecular flexibility index (Phi) is 7.92. The fourth-order valence-electron chi connectivity index (χ4n) is 3.28. The summed E-state index contributed by atoms with van der Waals surface area (Å²) < 4.78 is 11.3. The first-order chi connectivity index (χ1) is 14.7. The molecule has 2 rings (SSSR count). The lowest BCUT2D eigenvalue weighted by atomic mass is 9.87. The van der Waals surface area contributed by atoms with Gasteiger partial charge in [-0.2, -0.15) is 0 Å². The van der Waals surface area contributed by atoms with Crippen LogP contribution in [-0.2, 0) is 20.3 Å². The maximum atomic E-state index is 12.6. The zero-order valence-corrected chi connectivity index (χ0v) is 21.0. The number of rotatable bonds is 6. The van der Waals surface area contributed by atoms with E-state index >= 15 is 0 Å². The predicted molar refractivity (Wildman–Crippen MR) is 129 cm³/mol. The molecular weight excluding hydrogens is 400 g/mol. The lowest BCUT2D eigenvalue weighted by Crippen LogP contribution is -2.32. The lowest BCUT2D eigenvalue weighted by Gasteiger charge is -2.26. The second-order valence-corrected chi connectivity index (χ2v) is 10.7.